The highest BCUT2D eigenvalue weighted by Crippen LogP contribution is 2.30. The van der Waals surface area contributed by atoms with Crippen LogP contribution in [0.4, 0.5) is 0 Å². The fraction of sp³-hybridized carbons (Fsp3) is 0.250. The van der Waals surface area contributed by atoms with Gasteiger partial charge in [0, 0.05) is 14.7 Å². The van der Waals surface area contributed by atoms with E-state index in [1.807, 2.05) is 36.4 Å². The standard InChI is InChI=1S/C20H21IO3/c1-4-5-15-12-20(24-3)16(13-19(15)23-2)8-11-18(22)14-6-9-17(21)10-7-14/h6-13H,4-5H2,1-3H3/b11-8+. The predicted molar refractivity (Wildman–Crippen MR) is 106 cm³/mol. The first kappa shape index (κ1) is 18.5. The number of carbonyl (C=O) groups excluding carboxylic acids is 1. The van der Waals surface area contributed by atoms with Crippen LogP contribution in [0.1, 0.15) is 34.8 Å². The minimum Gasteiger partial charge on any atom is -0.496 e. The number of ether oxygens (including phenoxy) is 2. The predicted octanol–water partition coefficient (Wildman–Crippen LogP) is 5.16. The number of rotatable bonds is 7. The van der Waals surface area contributed by atoms with Crippen molar-refractivity contribution in [2.24, 2.45) is 0 Å². The Morgan fingerprint density at radius 2 is 1.75 bits per heavy atom. The highest BCUT2D eigenvalue weighted by molar-refractivity contribution is 14.1. The Bertz CT molecular complexity index is 733. The van der Waals surface area contributed by atoms with Gasteiger partial charge in [-0.3, -0.25) is 4.79 Å². The maximum atomic E-state index is 12.3. The van der Waals surface area contributed by atoms with Gasteiger partial charge in [0.1, 0.15) is 11.5 Å². The molecule has 0 saturated carbocycles. The monoisotopic (exact) mass is 436 g/mol. The summed E-state index contributed by atoms with van der Waals surface area (Å²) in [6.45, 7) is 2.12. The van der Waals surface area contributed by atoms with E-state index in [9.17, 15) is 4.79 Å². The third-order valence-corrected chi connectivity index (χ3v) is 4.41. The molecule has 126 valence electrons. The highest BCUT2D eigenvalue weighted by atomic mass is 127. The molecule has 2 rings (SSSR count). The quantitative estimate of drug-likeness (QED) is 0.342. The topological polar surface area (TPSA) is 35.5 Å². The van der Waals surface area contributed by atoms with Crippen LogP contribution in [0.25, 0.3) is 6.08 Å². The summed E-state index contributed by atoms with van der Waals surface area (Å²) in [6.07, 6.45) is 5.29. The lowest BCUT2D eigenvalue weighted by molar-refractivity contribution is 0.104. The van der Waals surface area contributed by atoms with Crippen LogP contribution in [0.3, 0.4) is 0 Å². The lowest BCUT2D eigenvalue weighted by atomic mass is 10.0. The fourth-order valence-electron chi connectivity index (χ4n) is 2.46. The first-order valence-electron chi connectivity index (χ1n) is 7.82. The van der Waals surface area contributed by atoms with E-state index in [2.05, 4.69) is 29.5 Å². The highest BCUT2D eigenvalue weighted by Gasteiger charge is 2.10. The molecular weight excluding hydrogens is 415 g/mol. The van der Waals surface area contributed by atoms with Crippen molar-refractivity contribution >= 4 is 34.5 Å². The van der Waals surface area contributed by atoms with Gasteiger partial charge >= 0.3 is 0 Å². The van der Waals surface area contributed by atoms with E-state index in [1.54, 1.807) is 26.4 Å². The summed E-state index contributed by atoms with van der Waals surface area (Å²) in [5.41, 5.74) is 2.60. The number of hydrogen-bond acceptors (Lipinski definition) is 3. The average Bonchev–Trinajstić information content (AvgIpc) is 2.60. The number of aryl methyl sites for hydroxylation is 1. The molecule has 4 heteroatoms. The molecule has 2 aromatic rings. The number of methoxy groups -OCH3 is 2. The van der Waals surface area contributed by atoms with E-state index >= 15 is 0 Å². The molecule has 0 saturated heterocycles. The molecule has 0 aliphatic carbocycles. The maximum absolute atomic E-state index is 12.3. The van der Waals surface area contributed by atoms with Gasteiger partial charge in [0.05, 0.1) is 14.2 Å². The second kappa shape index (κ2) is 8.87. The Morgan fingerprint density at radius 3 is 2.33 bits per heavy atom. The minimum absolute atomic E-state index is 0.0370. The Kier molecular flexibility index (Phi) is 6.85. The average molecular weight is 436 g/mol. The number of ketones is 1. The van der Waals surface area contributed by atoms with Gasteiger partial charge in [-0.15, -0.1) is 0 Å². The molecule has 0 radical (unpaired) electrons. The van der Waals surface area contributed by atoms with Crippen LogP contribution in [0.15, 0.2) is 42.5 Å². The molecular formula is C20H21IO3. The fourth-order valence-corrected chi connectivity index (χ4v) is 2.81. The summed E-state index contributed by atoms with van der Waals surface area (Å²) in [7, 11) is 3.29. The number of halogens is 1. The molecule has 0 fully saturated rings. The zero-order valence-electron chi connectivity index (χ0n) is 14.1. The van der Waals surface area contributed by atoms with E-state index < -0.39 is 0 Å². The molecule has 2 aromatic carbocycles. The van der Waals surface area contributed by atoms with E-state index in [1.165, 1.54) is 0 Å². The summed E-state index contributed by atoms with van der Waals surface area (Å²) in [6, 6.07) is 11.4. The first-order valence-corrected chi connectivity index (χ1v) is 8.89. The van der Waals surface area contributed by atoms with Crippen LogP contribution in [0.5, 0.6) is 11.5 Å². The normalized spacial score (nSPS) is 10.8. The van der Waals surface area contributed by atoms with Crippen LogP contribution < -0.4 is 9.47 Å². The Hall–Kier alpha value is -1.82. The van der Waals surface area contributed by atoms with Gasteiger partial charge in [-0.25, -0.2) is 0 Å². The summed E-state index contributed by atoms with van der Waals surface area (Å²) in [5, 5.41) is 0. The zero-order chi connectivity index (χ0) is 17.5. The van der Waals surface area contributed by atoms with E-state index in [0.29, 0.717) is 5.56 Å². The van der Waals surface area contributed by atoms with Crippen molar-refractivity contribution in [2.45, 2.75) is 19.8 Å². The van der Waals surface area contributed by atoms with Crippen molar-refractivity contribution in [3.63, 3.8) is 0 Å². The lowest BCUT2D eigenvalue weighted by Crippen LogP contribution is -1.97. The Balaban J connectivity index is 2.30. The molecule has 3 nitrogen and oxygen atoms in total. The van der Waals surface area contributed by atoms with Crippen molar-refractivity contribution in [2.75, 3.05) is 14.2 Å². The van der Waals surface area contributed by atoms with Gasteiger partial charge in [-0.1, -0.05) is 25.5 Å². The summed E-state index contributed by atoms with van der Waals surface area (Å²) < 4.78 is 12.0. The van der Waals surface area contributed by atoms with Crippen molar-refractivity contribution in [1.82, 2.24) is 0 Å². The second-order valence-corrected chi connectivity index (χ2v) is 6.61. The van der Waals surface area contributed by atoms with Crippen LogP contribution >= 0.6 is 22.6 Å². The SMILES string of the molecule is CCCc1cc(OC)c(/C=C/C(=O)c2ccc(I)cc2)cc1OC. The summed E-state index contributed by atoms with van der Waals surface area (Å²) in [5.74, 6) is 1.52. The molecule has 0 spiro atoms. The van der Waals surface area contributed by atoms with Crippen LogP contribution in [0.2, 0.25) is 0 Å². The van der Waals surface area contributed by atoms with E-state index in [-0.39, 0.29) is 5.78 Å². The van der Waals surface area contributed by atoms with Gasteiger partial charge in [-0.2, -0.15) is 0 Å². The zero-order valence-corrected chi connectivity index (χ0v) is 16.3. The summed E-state index contributed by atoms with van der Waals surface area (Å²) in [4.78, 5) is 12.3. The molecule has 0 atom stereocenters. The molecule has 0 amide bonds. The summed E-state index contributed by atoms with van der Waals surface area (Å²) >= 11 is 2.22. The maximum Gasteiger partial charge on any atom is 0.185 e. The molecule has 0 unspecified atom stereocenters. The number of hydrogen-bond donors (Lipinski definition) is 0. The lowest BCUT2D eigenvalue weighted by Gasteiger charge is -2.12. The van der Waals surface area contributed by atoms with Crippen molar-refractivity contribution in [1.29, 1.82) is 0 Å². The third kappa shape index (κ3) is 4.60. The number of allylic oxidation sites excluding steroid dienone is 1. The van der Waals surface area contributed by atoms with Gasteiger partial charge < -0.3 is 9.47 Å². The third-order valence-electron chi connectivity index (χ3n) is 3.70. The Labute approximate surface area is 156 Å². The molecule has 0 heterocycles. The molecule has 0 N–H and O–H groups in total. The molecule has 0 aliphatic rings. The number of benzene rings is 2. The van der Waals surface area contributed by atoms with Gasteiger partial charge in [0.2, 0.25) is 0 Å². The van der Waals surface area contributed by atoms with E-state index in [0.717, 1.165) is 39.0 Å². The minimum atomic E-state index is -0.0370. The van der Waals surface area contributed by atoms with Crippen LogP contribution in [-0.2, 0) is 6.42 Å². The first-order chi connectivity index (χ1) is 11.6. The largest absolute Gasteiger partial charge is 0.496 e. The smallest absolute Gasteiger partial charge is 0.185 e. The van der Waals surface area contributed by atoms with Crippen molar-refractivity contribution in [3.8, 4) is 11.5 Å². The number of carbonyl (C=O) groups is 1. The molecule has 24 heavy (non-hydrogen) atoms. The molecule has 0 aliphatic heterocycles. The Morgan fingerprint density at radius 1 is 1.08 bits per heavy atom. The molecule has 0 bridgehead atoms. The van der Waals surface area contributed by atoms with Crippen LogP contribution in [-0.4, -0.2) is 20.0 Å². The molecule has 0 aromatic heterocycles. The van der Waals surface area contributed by atoms with Crippen molar-refractivity contribution < 1.29 is 14.3 Å². The van der Waals surface area contributed by atoms with Gasteiger partial charge in [0.15, 0.2) is 5.78 Å². The van der Waals surface area contributed by atoms with Gasteiger partial charge in [0.25, 0.3) is 0 Å². The van der Waals surface area contributed by atoms with Crippen LogP contribution in [0, 0.1) is 3.57 Å². The van der Waals surface area contributed by atoms with Gasteiger partial charge in [-0.05, 0) is 71.0 Å². The van der Waals surface area contributed by atoms with Crippen molar-refractivity contribution in [3.05, 3.63) is 62.7 Å². The van der Waals surface area contributed by atoms with E-state index in [4.69, 9.17) is 9.47 Å². The second-order valence-electron chi connectivity index (χ2n) is 5.36.